The molecule has 0 bridgehead atoms. The van der Waals surface area contributed by atoms with Crippen molar-refractivity contribution in [2.45, 2.75) is 0 Å². The second-order valence-electron chi connectivity index (χ2n) is 5.17. The van der Waals surface area contributed by atoms with Gasteiger partial charge in [0, 0.05) is 10.0 Å². The van der Waals surface area contributed by atoms with Gasteiger partial charge in [-0.2, -0.15) is 5.10 Å². The summed E-state index contributed by atoms with van der Waals surface area (Å²) in [5, 5.41) is 3.76. The highest BCUT2D eigenvalue weighted by atomic mass is 79.9. The highest BCUT2D eigenvalue weighted by Gasteiger charge is 2.20. The number of hydrazone groups is 1. The third-order valence-electron chi connectivity index (χ3n) is 3.18. The summed E-state index contributed by atoms with van der Waals surface area (Å²) in [4.78, 5) is 12.0. The Labute approximate surface area is 163 Å². The highest BCUT2D eigenvalue weighted by molar-refractivity contribution is 9.10. The quantitative estimate of drug-likeness (QED) is 0.529. The molecule has 10 heteroatoms. The van der Waals surface area contributed by atoms with Crippen LogP contribution in [0, 0.1) is 5.82 Å². The predicted molar refractivity (Wildman–Crippen MR) is 103 cm³/mol. The van der Waals surface area contributed by atoms with Gasteiger partial charge in [-0.3, -0.25) is 9.10 Å². The van der Waals surface area contributed by atoms with Gasteiger partial charge in [0.15, 0.2) is 0 Å². The van der Waals surface area contributed by atoms with Crippen LogP contribution in [0.1, 0.15) is 5.56 Å². The van der Waals surface area contributed by atoms with Gasteiger partial charge in [-0.15, -0.1) is 0 Å². The summed E-state index contributed by atoms with van der Waals surface area (Å²) < 4.78 is 39.2. The lowest BCUT2D eigenvalue weighted by atomic mass is 10.2. The molecule has 0 spiro atoms. The molecule has 0 saturated heterocycles. The molecule has 0 radical (unpaired) electrons. The maximum absolute atomic E-state index is 13.6. The Balaban J connectivity index is 2.11. The third-order valence-corrected chi connectivity index (χ3v) is 5.18. The van der Waals surface area contributed by atoms with Crippen molar-refractivity contribution in [3.8, 4) is 0 Å². The molecule has 0 aliphatic heterocycles. The van der Waals surface area contributed by atoms with Crippen LogP contribution < -0.4 is 9.73 Å². The van der Waals surface area contributed by atoms with Crippen LogP contribution in [0.15, 0.2) is 52.0 Å². The van der Waals surface area contributed by atoms with Gasteiger partial charge in [0.25, 0.3) is 5.91 Å². The van der Waals surface area contributed by atoms with Crippen molar-refractivity contribution in [2.24, 2.45) is 5.10 Å². The van der Waals surface area contributed by atoms with Crippen LogP contribution in [0.3, 0.4) is 0 Å². The van der Waals surface area contributed by atoms with E-state index in [1.54, 1.807) is 24.3 Å². The van der Waals surface area contributed by atoms with Crippen molar-refractivity contribution < 1.29 is 17.6 Å². The van der Waals surface area contributed by atoms with Gasteiger partial charge in [0.1, 0.15) is 12.4 Å². The predicted octanol–water partition coefficient (Wildman–Crippen LogP) is 3.16. The van der Waals surface area contributed by atoms with E-state index in [0.29, 0.717) is 5.69 Å². The van der Waals surface area contributed by atoms with E-state index >= 15 is 0 Å². The Morgan fingerprint density at radius 3 is 2.54 bits per heavy atom. The standard InChI is InChI=1S/C16H14BrClFN3O3S/c1-26(24,25)22(12-7-5-11(17)6-8-12)10-16(23)21-20-9-13-14(18)3-2-4-15(13)19/h2-9H,10H2,1H3,(H,21,23). The minimum atomic E-state index is -3.69. The van der Waals surface area contributed by atoms with Gasteiger partial charge in [-0.05, 0) is 36.4 Å². The number of halogens is 3. The number of sulfonamides is 1. The molecule has 26 heavy (non-hydrogen) atoms. The molecule has 2 rings (SSSR count). The summed E-state index contributed by atoms with van der Waals surface area (Å²) in [6, 6.07) is 10.5. The molecule has 0 unspecified atom stereocenters. The van der Waals surface area contributed by atoms with Crippen molar-refractivity contribution in [3.05, 3.63) is 63.3 Å². The topological polar surface area (TPSA) is 78.8 Å². The zero-order chi connectivity index (χ0) is 19.3. The summed E-state index contributed by atoms with van der Waals surface area (Å²) in [7, 11) is -3.69. The first kappa shape index (κ1) is 20.3. The largest absolute Gasteiger partial charge is 0.271 e. The molecule has 138 valence electrons. The summed E-state index contributed by atoms with van der Waals surface area (Å²) in [5.41, 5.74) is 2.50. The average molecular weight is 463 g/mol. The van der Waals surface area contributed by atoms with Gasteiger partial charge in [0.2, 0.25) is 10.0 Å². The molecule has 0 aliphatic rings. The Hall–Kier alpha value is -1.97. The summed E-state index contributed by atoms with van der Waals surface area (Å²) >= 11 is 9.10. The second kappa shape index (κ2) is 8.61. The molecule has 6 nitrogen and oxygen atoms in total. The Morgan fingerprint density at radius 1 is 1.31 bits per heavy atom. The van der Waals surface area contributed by atoms with Crippen LogP contribution >= 0.6 is 27.5 Å². The number of hydrogen-bond donors (Lipinski definition) is 1. The molecule has 0 saturated carbocycles. The fourth-order valence-corrected chi connectivity index (χ4v) is 3.31. The third kappa shape index (κ3) is 5.52. The first-order chi connectivity index (χ1) is 12.2. The second-order valence-corrected chi connectivity index (χ2v) is 8.40. The fourth-order valence-electron chi connectivity index (χ4n) is 1.98. The van der Waals surface area contributed by atoms with Gasteiger partial charge < -0.3 is 0 Å². The van der Waals surface area contributed by atoms with E-state index < -0.39 is 28.3 Å². The first-order valence-electron chi connectivity index (χ1n) is 7.17. The number of rotatable bonds is 6. The van der Waals surface area contributed by atoms with Gasteiger partial charge >= 0.3 is 0 Å². The fraction of sp³-hybridized carbons (Fsp3) is 0.125. The van der Waals surface area contributed by atoms with Crippen molar-refractivity contribution in [3.63, 3.8) is 0 Å². The molecule has 0 heterocycles. The summed E-state index contributed by atoms with van der Waals surface area (Å²) in [6.45, 7) is -0.483. The molecule has 0 aromatic heterocycles. The molecule has 2 aromatic rings. The van der Waals surface area contributed by atoms with Gasteiger partial charge in [-0.1, -0.05) is 33.6 Å². The number of benzene rings is 2. The van der Waals surface area contributed by atoms with Crippen LogP contribution in [0.2, 0.25) is 5.02 Å². The lowest BCUT2D eigenvalue weighted by Crippen LogP contribution is -2.39. The lowest BCUT2D eigenvalue weighted by Gasteiger charge is -2.21. The average Bonchev–Trinajstić information content (AvgIpc) is 2.55. The maximum Gasteiger partial charge on any atom is 0.260 e. The molecular weight excluding hydrogens is 449 g/mol. The van der Waals surface area contributed by atoms with Crippen molar-refractivity contribution in [1.29, 1.82) is 0 Å². The number of amides is 1. The zero-order valence-electron chi connectivity index (χ0n) is 13.5. The highest BCUT2D eigenvalue weighted by Crippen LogP contribution is 2.20. The van der Waals surface area contributed by atoms with Gasteiger partial charge in [0.05, 0.1) is 23.2 Å². The number of nitrogens with zero attached hydrogens (tertiary/aromatic N) is 2. The monoisotopic (exact) mass is 461 g/mol. The molecule has 0 atom stereocenters. The number of hydrogen-bond acceptors (Lipinski definition) is 4. The number of carbonyl (C=O) groups is 1. The van der Waals surface area contributed by atoms with Crippen LogP contribution in [-0.4, -0.2) is 33.3 Å². The molecule has 1 N–H and O–H groups in total. The normalized spacial score (nSPS) is 11.5. The number of carbonyl (C=O) groups excluding carboxylic acids is 1. The number of nitrogens with one attached hydrogen (secondary N) is 1. The van der Waals surface area contributed by atoms with E-state index in [9.17, 15) is 17.6 Å². The molecule has 1 amide bonds. The summed E-state index contributed by atoms with van der Waals surface area (Å²) in [5.74, 6) is -1.29. The van der Waals surface area contributed by atoms with Crippen molar-refractivity contribution in [2.75, 3.05) is 17.1 Å². The minimum absolute atomic E-state index is 0.0161. The Bertz CT molecular complexity index is 916. The lowest BCUT2D eigenvalue weighted by molar-refractivity contribution is -0.119. The first-order valence-corrected chi connectivity index (χ1v) is 10.2. The number of anilines is 1. The summed E-state index contributed by atoms with van der Waals surface area (Å²) in [6.07, 6.45) is 2.05. The smallest absolute Gasteiger partial charge is 0.260 e. The van der Waals surface area contributed by atoms with Gasteiger partial charge in [-0.25, -0.2) is 18.2 Å². The van der Waals surface area contributed by atoms with Crippen molar-refractivity contribution >= 4 is 55.4 Å². The van der Waals surface area contributed by atoms with E-state index in [0.717, 1.165) is 21.2 Å². The molecule has 0 aliphatic carbocycles. The Morgan fingerprint density at radius 2 is 1.96 bits per heavy atom. The van der Waals surface area contributed by atoms with E-state index in [2.05, 4.69) is 26.5 Å². The molecule has 0 fully saturated rings. The van der Waals surface area contributed by atoms with Crippen LogP contribution in [-0.2, 0) is 14.8 Å². The Kier molecular flexibility index (Phi) is 6.74. The van der Waals surface area contributed by atoms with E-state index in [-0.39, 0.29) is 10.6 Å². The molecular formula is C16H14BrClFN3O3S. The van der Waals surface area contributed by atoms with Crippen molar-refractivity contribution in [1.82, 2.24) is 5.43 Å². The minimum Gasteiger partial charge on any atom is -0.271 e. The van der Waals surface area contributed by atoms with Crippen LogP contribution in [0.4, 0.5) is 10.1 Å². The van der Waals surface area contributed by atoms with E-state index in [1.165, 1.54) is 18.2 Å². The zero-order valence-corrected chi connectivity index (χ0v) is 16.6. The van der Waals surface area contributed by atoms with Crippen LogP contribution in [0.5, 0.6) is 0 Å². The van der Waals surface area contributed by atoms with E-state index in [1.807, 2.05) is 0 Å². The van der Waals surface area contributed by atoms with E-state index in [4.69, 9.17) is 11.6 Å². The molecule has 2 aromatic carbocycles. The van der Waals surface area contributed by atoms with Crippen LogP contribution in [0.25, 0.3) is 0 Å². The maximum atomic E-state index is 13.6. The SMILES string of the molecule is CS(=O)(=O)N(CC(=O)NN=Cc1c(F)cccc1Cl)c1ccc(Br)cc1.